The number of nitrogens with one attached hydrogen (secondary N) is 2. The number of aryl methyl sites for hydroxylation is 2. The molecular weight excluding hydrogens is 244 g/mol. The van der Waals surface area contributed by atoms with E-state index in [2.05, 4.69) is 16.0 Å². The van der Waals surface area contributed by atoms with Crippen molar-refractivity contribution < 1.29 is 9.59 Å². The fraction of sp³-hybridized carbons (Fsp3) is 0.615. The maximum Gasteiger partial charge on any atom is 0.245 e. The molecule has 1 aliphatic rings. The molecule has 2 N–H and O–H groups in total. The molecule has 0 saturated heterocycles. The number of aromatic nitrogens is 2. The Balaban J connectivity index is 1.99. The third-order valence-electron chi connectivity index (χ3n) is 3.65. The molecule has 1 aliphatic carbocycles. The van der Waals surface area contributed by atoms with Crippen LogP contribution in [0.5, 0.6) is 0 Å². The van der Waals surface area contributed by atoms with Gasteiger partial charge in [0.15, 0.2) is 0 Å². The van der Waals surface area contributed by atoms with Gasteiger partial charge < -0.3 is 0 Å². The Morgan fingerprint density at radius 2 is 1.95 bits per heavy atom. The molecule has 19 heavy (non-hydrogen) atoms. The van der Waals surface area contributed by atoms with Crippen LogP contribution in [0.15, 0.2) is 0 Å². The summed E-state index contributed by atoms with van der Waals surface area (Å²) < 4.78 is 1.76. The van der Waals surface area contributed by atoms with Crippen LogP contribution in [0.25, 0.3) is 0 Å². The fourth-order valence-electron chi connectivity index (χ4n) is 2.23. The van der Waals surface area contributed by atoms with Crippen LogP contribution in [0, 0.1) is 19.8 Å². The van der Waals surface area contributed by atoms with Gasteiger partial charge in [-0.25, -0.2) is 0 Å². The van der Waals surface area contributed by atoms with Gasteiger partial charge in [-0.15, -0.1) is 0 Å². The minimum Gasteiger partial charge on any atom is -0.273 e. The SMILES string of the molecule is Cc1nn(C)c(C)c1[C@H](C)C(=O)NNC(=O)C1CC1. The van der Waals surface area contributed by atoms with Crippen LogP contribution < -0.4 is 10.9 Å². The van der Waals surface area contributed by atoms with Gasteiger partial charge in [-0.05, 0) is 33.6 Å². The second-order valence-electron chi connectivity index (χ2n) is 5.18. The summed E-state index contributed by atoms with van der Waals surface area (Å²) in [7, 11) is 1.85. The Bertz CT molecular complexity index is 517. The molecular formula is C13H20N4O2. The average molecular weight is 264 g/mol. The zero-order valence-electron chi connectivity index (χ0n) is 11.8. The lowest BCUT2D eigenvalue weighted by atomic mass is 9.98. The highest BCUT2D eigenvalue weighted by Crippen LogP contribution is 2.28. The molecule has 0 aliphatic heterocycles. The van der Waals surface area contributed by atoms with Crippen molar-refractivity contribution >= 4 is 11.8 Å². The van der Waals surface area contributed by atoms with Gasteiger partial charge >= 0.3 is 0 Å². The van der Waals surface area contributed by atoms with Crippen LogP contribution in [0.1, 0.15) is 42.6 Å². The van der Waals surface area contributed by atoms with Crippen molar-refractivity contribution in [2.24, 2.45) is 13.0 Å². The van der Waals surface area contributed by atoms with Crippen molar-refractivity contribution in [2.75, 3.05) is 0 Å². The standard InChI is InChI=1S/C13H20N4O2/c1-7(11-8(2)16-17(4)9(11)3)12(18)14-15-13(19)10-5-6-10/h7,10H,5-6H2,1-4H3,(H,14,18)(H,15,19)/t7-/m0/s1. The van der Waals surface area contributed by atoms with Gasteiger partial charge in [-0.2, -0.15) is 5.10 Å². The molecule has 1 aromatic heterocycles. The zero-order valence-corrected chi connectivity index (χ0v) is 11.8. The smallest absolute Gasteiger partial charge is 0.245 e. The predicted octanol–water partition coefficient (Wildman–Crippen LogP) is 0.698. The van der Waals surface area contributed by atoms with E-state index < -0.39 is 0 Å². The Morgan fingerprint density at radius 3 is 2.42 bits per heavy atom. The van der Waals surface area contributed by atoms with E-state index in [0.29, 0.717) is 0 Å². The van der Waals surface area contributed by atoms with Crippen molar-refractivity contribution in [3.05, 3.63) is 17.0 Å². The number of hydrogen-bond donors (Lipinski definition) is 2. The molecule has 104 valence electrons. The lowest BCUT2D eigenvalue weighted by Crippen LogP contribution is -2.44. The number of nitrogens with zero attached hydrogens (tertiary/aromatic N) is 2. The van der Waals surface area contributed by atoms with Crippen LogP contribution in [0.3, 0.4) is 0 Å². The molecule has 2 amide bonds. The zero-order chi connectivity index (χ0) is 14.2. The lowest BCUT2D eigenvalue weighted by molar-refractivity contribution is -0.130. The highest BCUT2D eigenvalue weighted by atomic mass is 16.2. The first kappa shape index (κ1) is 13.6. The first-order chi connectivity index (χ1) is 8.91. The summed E-state index contributed by atoms with van der Waals surface area (Å²) in [6.07, 6.45) is 1.83. The van der Waals surface area contributed by atoms with Gasteiger partial charge in [0.25, 0.3) is 0 Å². The molecule has 0 aromatic carbocycles. The van der Waals surface area contributed by atoms with Crippen LogP contribution in [0.4, 0.5) is 0 Å². The van der Waals surface area contributed by atoms with Crippen LogP contribution >= 0.6 is 0 Å². The molecule has 1 heterocycles. The normalized spacial score (nSPS) is 16.0. The largest absolute Gasteiger partial charge is 0.273 e. The number of hydrazine groups is 1. The summed E-state index contributed by atoms with van der Waals surface area (Å²) in [6, 6.07) is 0. The van der Waals surface area contributed by atoms with E-state index in [4.69, 9.17) is 0 Å². The molecule has 0 bridgehead atoms. The lowest BCUT2D eigenvalue weighted by Gasteiger charge is -2.13. The Morgan fingerprint density at radius 1 is 1.32 bits per heavy atom. The van der Waals surface area contributed by atoms with E-state index in [9.17, 15) is 9.59 Å². The summed E-state index contributed by atoms with van der Waals surface area (Å²) in [4.78, 5) is 23.5. The molecule has 0 unspecified atom stereocenters. The highest BCUT2D eigenvalue weighted by molar-refractivity contribution is 5.87. The van der Waals surface area contributed by atoms with Crippen molar-refractivity contribution in [3.8, 4) is 0 Å². The molecule has 2 rings (SSSR count). The summed E-state index contributed by atoms with van der Waals surface area (Å²) in [5.41, 5.74) is 7.69. The number of hydrogen-bond acceptors (Lipinski definition) is 3. The first-order valence-corrected chi connectivity index (χ1v) is 6.51. The average Bonchev–Trinajstić information content (AvgIpc) is 3.15. The molecule has 0 radical (unpaired) electrons. The first-order valence-electron chi connectivity index (χ1n) is 6.51. The minimum absolute atomic E-state index is 0.0810. The second kappa shape index (κ2) is 5.03. The van der Waals surface area contributed by atoms with Crippen LogP contribution in [-0.4, -0.2) is 21.6 Å². The van der Waals surface area contributed by atoms with Crippen molar-refractivity contribution in [2.45, 2.75) is 39.5 Å². The molecule has 6 nitrogen and oxygen atoms in total. The number of carbonyl (C=O) groups excluding carboxylic acids is 2. The number of rotatable bonds is 3. The fourth-order valence-corrected chi connectivity index (χ4v) is 2.23. The minimum atomic E-state index is -0.340. The molecule has 0 spiro atoms. The van der Waals surface area contributed by atoms with Crippen molar-refractivity contribution in [3.63, 3.8) is 0 Å². The molecule has 6 heteroatoms. The van der Waals surface area contributed by atoms with E-state index in [1.807, 2.05) is 27.8 Å². The maximum atomic E-state index is 12.0. The van der Waals surface area contributed by atoms with Gasteiger partial charge in [0, 0.05) is 24.2 Å². The highest BCUT2D eigenvalue weighted by Gasteiger charge is 2.30. The van der Waals surface area contributed by atoms with Crippen molar-refractivity contribution in [1.29, 1.82) is 0 Å². The van der Waals surface area contributed by atoms with Gasteiger partial charge in [0.1, 0.15) is 0 Å². The molecule has 1 saturated carbocycles. The quantitative estimate of drug-likeness (QED) is 0.789. The third kappa shape index (κ3) is 2.77. The van der Waals surface area contributed by atoms with E-state index in [1.165, 1.54) is 0 Å². The predicted molar refractivity (Wildman–Crippen MR) is 70.1 cm³/mol. The van der Waals surface area contributed by atoms with E-state index >= 15 is 0 Å². The van der Waals surface area contributed by atoms with Crippen LogP contribution in [0.2, 0.25) is 0 Å². The summed E-state index contributed by atoms with van der Waals surface area (Å²) in [5.74, 6) is -0.570. The monoisotopic (exact) mass is 264 g/mol. The van der Waals surface area contributed by atoms with Gasteiger partial charge in [-0.1, -0.05) is 0 Å². The van der Waals surface area contributed by atoms with Gasteiger partial charge in [0.2, 0.25) is 11.8 Å². The van der Waals surface area contributed by atoms with Crippen LogP contribution in [-0.2, 0) is 16.6 Å². The number of amides is 2. The Kier molecular flexibility index (Phi) is 3.59. The maximum absolute atomic E-state index is 12.0. The van der Waals surface area contributed by atoms with Gasteiger partial charge in [-0.3, -0.25) is 25.1 Å². The summed E-state index contributed by atoms with van der Waals surface area (Å²) in [5, 5.41) is 4.30. The summed E-state index contributed by atoms with van der Waals surface area (Å²) >= 11 is 0. The van der Waals surface area contributed by atoms with E-state index in [0.717, 1.165) is 29.8 Å². The van der Waals surface area contributed by atoms with E-state index in [-0.39, 0.29) is 23.7 Å². The molecule has 1 fully saturated rings. The molecule has 1 aromatic rings. The van der Waals surface area contributed by atoms with Crippen molar-refractivity contribution in [1.82, 2.24) is 20.6 Å². The number of carbonyl (C=O) groups is 2. The Labute approximate surface area is 112 Å². The molecule has 1 atom stereocenters. The van der Waals surface area contributed by atoms with E-state index in [1.54, 1.807) is 4.68 Å². The topological polar surface area (TPSA) is 76.0 Å². The summed E-state index contributed by atoms with van der Waals surface area (Å²) in [6.45, 7) is 5.63. The Hall–Kier alpha value is -1.85. The van der Waals surface area contributed by atoms with Gasteiger partial charge in [0.05, 0.1) is 11.6 Å². The second-order valence-corrected chi connectivity index (χ2v) is 5.18. The third-order valence-corrected chi connectivity index (χ3v) is 3.65.